The Bertz CT molecular complexity index is 306. The zero-order chi connectivity index (χ0) is 8.27. The van der Waals surface area contributed by atoms with Crippen molar-refractivity contribution in [2.75, 3.05) is 0 Å². The summed E-state index contributed by atoms with van der Waals surface area (Å²) in [4.78, 5) is 3.49. The molecule has 0 spiro atoms. The Morgan fingerprint density at radius 3 is 2.91 bits per heavy atom. The van der Waals surface area contributed by atoms with Gasteiger partial charge in [0.1, 0.15) is 4.60 Å². The SMILES string of the molecule is N#CCc1ccc(Br)nc1F. The van der Waals surface area contributed by atoms with Gasteiger partial charge in [0.05, 0.1) is 12.5 Å². The van der Waals surface area contributed by atoms with E-state index in [1.165, 1.54) is 6.07 Å². The minimum Gasteiger partial charge on any atom is -0.212 e. The molecule has 1 heterocycles. The molecule has 0 radical (unpaired) electrons. The van der Waals surface area contributed by atoms with Crippen LogP contribution in [0.3, 0.4) is 0 Å². The van der Waals surface area contributed by atoms with E-state index in [0.717, 1.165) is 0 Å². The lowest BCUT2D eigenvalue weighted by atomic mass is 10.2. The van der Waals surface area contributed by atoms with Crippen molar-refractivity contribution in [2.24, 2.45) is 0 Å². The van der Waals surface area contributed by atoms with Gasteiger partial charge in [-0.05, 0) is 22.0 Å². The minimum absolute atomic E-state index is 0.0616. The molecule has 0 aliphatic carbocycles. The summed E-state index contributed by atoms with van der Waals surface area (Å²) in [5.74, 6) is -0.582. The van der Waals surface area contributed by atoms with Crippen LogP contribution < -0.4 is 0 Å². The predicted octanol–water partition coefficient (Wildman–Crippen LogP) is 2.05. The maximum Gasteiger partial charge on any atom is 0.218 e. The molecule has 1 aromatic rings. The van der Waals surface area contributed by atoms with Crippen molar-refractivity contribution in [1.29, 1.82) is 5.26 Å². The highest BCUT2D eigenvalue weighted by atomic mass is 79.9. The Morgan fingerprint density at radius 2 is 2.36 bits per heavy atom. The van der Waals surface area contributed by atoms with Crippen molar-refractivity contribution in [3.05, 3.63) is 28.2 Å². The average Bonchev–Trinajstić information content (AvgIpc) is 1.95. The van der Waals surface area contributed by atoms with Gasteiger partial charge in [-0.15, -0.1) is 0 Å². The molecule has 4 heteroatoms. The summed E-state index contributed by atoms with van der Waals surface area (Å²) in [5, 5.41) is 8.26. The molecule has 0 unspecified atom stereocenters. The first-order chi connectivity index (χ1) is 5.24. The topological polar surface area (TPSA) is 36.7 Å². The molecular formula is C7H4BrFN2. The van der Waals surface area contributed by atoms with Gasteiger partial charge in [-0.1, -0.05) is 6.07 Å². The molecule has 0 amide bonds. The molecule has 0 aliphatic heterocycles. The Kier molecular flexibility index (Phi) is 2.55. The number of nitrogens with zero attached hydrogens (tertiary/aromatic N) is 2. The highest BCUT2D eigenvalue weighted by molar-refractivity contribution is 9.10. The lowest BCUT2D eigenvalue weighted by molar-refractivity contribution is 0.568. The Balaban J connectivity index is 3.01. The quantitative estimate of drug-likeness (QED) is 0.672. The molecule has 2 nitrogen and oxygen atoms in total. The third-order valence-corrected chi connectivity index (χ3v) is 1.60. The number of aromatic nitrogens is 1. The highest BCUT2D eigenvalue weighted by Gasteiger charge is 2.02. The van der Waals surface area contributed by atoms with Gasteiger partial charge in [0.25, 0.3) is 0 Å². The lowest BCUT2D eigenvalue weighted by Crippen LogP contribution is -1.92. The Labute approximate surface area is 71.8 Å². The Morgan fingerprint density at radius 1 is 1.64 bits per heavy atom. The van der Waals surface area contributed by atoms with E-state index < -0.39 is 5.95 Å². The molecule has 0 fully saturated rings. The van der Waals surface area contributed by atoms with E-state index in [4.69, 9.17) is 5.26 Å². The van der Waals surface area contributed by atoms with E-state index in [-0.39, 0.29) is 6.42 Å². The summed E-state index contributed by atoms with van der Waals surface area (Å²) in [6.07, 6.45) is 0.0616. The molecule has 0 aliphatic rings. The number of pyridine rings is 1. The van der Waals surface area contributed by atoms with E-state index in [1.807, 2.05) is 6.07 Å². The lowest BCUT2D eigenvalue weighted by Gasteiger charge is -1.95. The average molecular weight is 215 g/mol. The van der Waals surface area contributed by atoms with E-state index >= 15 is 0 Å². The van der Waals surface area contributed by atoms with Crippen LogP contribution in [0, 0.1) is 17.3 Å². The van der Waals surface area contributed by atoms with Crippen LogP contribution in [0.4, 0.5) is 4.39 Å². The van der Waals surface area contributed by atoms with Crippen LogP contribution in [0.25, 0.3) is 0 Å². The van der Waals surface area contributed by atoms with Crippen LogP contribution in [0.2, 0.25) is 0 Å². The third-order valence-electron chi connectivity index (χ3n) is 1.16. The fourth-order valence-electron chi connectivity index (χ4n) is 0.658. The molecule has 0 atom stereocenters. The predicted molar refractivity (Wildman–Crippen MR) is 41.2 cm³/mol. The molecule has 11 heavy (non-hydrogen) atoms. The van der Waals surface area contributed by atoms with Gasteiger partial charge in [0.15, 0.2) is 0 Å². The number of halogens is 2. The molecule has 1 rings (SSSR count). The smallest absolute Gasteiger partial charge is 0.212 e. The van der Waals surface area contributed by atoms with Crippen molar-refractivity contribution < 1.29 is 4.39 Å². The fourth-order valence-corrected chi connectivity index (χ4v) is 0.946. The molecule has 0 bridgehead atoms. The summed E-state index contributed by atoms with van der Waals surface area (Å²) in [6, 6.07) is 4.99. The van der Waals surface area contributed by atoms with Gasteiger partial charge in [0.2, 0.25) is 5.95 Å². The summed E-state index contributed by atoms with van der Waals surface area (Å²) in [7, 11) is 0. The largest absolute Gasteiger partial charge is 0.218 e. The first-order valence-corrected chi connectivity index (χ1v) is 3.71. The van der Waals surface area contributed by atoms with Crippen molar-refractivity contribution in [2.45, 2.75) is 6.42 Å². The first-order valence-electron chi connectivity index (χ1n) is 2.92. The molecule has 1 aromatic heterocycles. The van der Waals surface area contributed by atoms with Crippen LogP contribution in [-0.2, 0) is 6.42 Å². The van der Waals surface area contributed by atoms with Crippen LogP contribution in [0.1, 0.15) is 5.56 Å². The van der Waals surface area contributed by atoms with Crippen molar-refractivity contribution in [3.63, 3.8) is 0 Å². The molecule has 0 saturated carbocycles. The normalized spacial score (nSPS) is 9.18. The van der Waals surface area contributed by atoms with Crippen LogP contribution in [0.15, 0.2) is 16.7 Å². The van der Waals surface area contributed by atoms with E-state index in [9.17, 15) is 4.39 Å². The van der Waals surface area contributed by atoms with Crippen LogP contribution in [0.5, 0.6) is 0 Å². The summed E-state index contributed by atoms with van der Waals surface area (Å²) in [5.41, 5.74) is 0.329. The van der Waals surface area contributed by atoms with E-state index in [0.29, 0.717) is 10.2 Å². The van der Waals surface area contributed by atoms with E-state index in [2.05, 4.69) is 20.9 Å². The zero-order valence-electron chi connectivity index (χ0n) is 5.51. The zero-order valence-corrected chi connectivity index (χ0v) is 7.10. The fraction of sp³-hybridized carbons (Fsp3) is 0.143. The molecule has 0 saturated heterocycles. The summed E-state index contributed by atoms with van der Waals surface area (Å²) >= 11 is 3.01. The second kappa shape index (κ2) is 3.44. The van der Waals surface area contributed by atoms with Gasteiger partial charge >= 0.3 is 0 Å². The number of nitriles is 1. The molecule has 0 aromatic carbocycles. The molecule has 56 valence electrons. The maximum absolute atomic E-state index is 12.7. The van der Waals surface area contributed by atoms with Gasteiger partial charge in [-0.3, -0.25) is 0 Å². The second-order valence-corrected chi connectivity index (χ2v) is 2.73. The molecular weight excluding hydrogens is 211 g/mol. The van der Waals surface area contributed by atoms with Gasteiger partial charge in [-0.2, -0.15) is 9.65 Å². The number of hydrogen-bond donors (Lipinski definition) is 0. The van der Waals surface area contributed by atoms with Crippen molar-refractivity contribution in [1.82, 2.24) is 4.98 Å². The van der Waals surface area contributed by atoms with E-state index in [1.54, 1.807) is 6.07 Å². The third kappa shape index (κ3) is 1.99. The number of hydrogen-bond acceptors (Lipinski definition) is 2. The van der Waals surface area contributed by atoms with Gasteiger partial charge < -0.3 is 0 Å². The monoisotopic (exact) mass is 214 g/mol. The summed E-state index contributed by atoms with van der Waals surface area (Å²) in [6.45, 7) is 0. The Hall–Kier alpha value is -0.950. The second-order valence-electron chi connectivity index (χ2n) is 1.92. The van der Waals surface area contributed by atoms with Gasteiger partial charge in [-0.25, -0.2) is 4.98 Å². The number of rotatable bonds is 1. The van der Waals surface area contributed by atoms with Crippen LogP contribution in [-0.4, -0.2) is 4.98 Å². The minimum atomic E-state index is -0.582. The van der Waals surface area contributed by atoms with Crippen molar-refractivity contribution >= 4 is 15.9 Å². The van der Waals surface area contributed by atoms with Crippen molar-refractivity contribution in [3.8, 4) is 6.07 Å². The molecule has 0 N–H and O–H groups in total. The summed E-state index contributed by atoms with van der Waals surface area (Å²) < 4.78 is 13.2. The van der Waals surface area contributed by atoms with Crippen LogP contribution >= 0.6 is 15.9 Å². The highest BCUT2D eigenvalue weighted by Crippen LogP contribution is 2.10. The standard InChI is InChI=1S/C7H4BrFN2/c8-6-2-1-5(3-4-10)7(9)11-6/h1-2H,3H2. The van der Waals surface area contributed by atoms with Gasteiger partial charge in [0, 0.05) is 5.56 Å². The maximum atomic E-state index is 12.7. The first kappa shape index (κ1) is 8.15.